The summed E-state index contributed by atoms with van der Waals surface area (Å²) in [6.07, 6.45) is 2.73. The summed E-state index contributed by atoms with van der Waals surface area (Å²) < 4.78 is 0. The van der Waals surface area contributed by atoms with Crippen molar-refractivity contribution in [1.82, 2.24) is 0 Å². The summed E-state index contributed by atoms with van der Waals surface area (Å²) in [7, 11) is 0. The molecule has 1 saturated carbocycles. The fourth-order valence-electron chi connectivity index (χ4n) is 1.56. The molecule has 1 unspecified atom stereocenters. The maximum atomic E-state index is 9.58. The highest BCUT2D eigenvalue weighted by atomic mass is 16.3. The molecule has 60 valence electrons. The summed E-state index contributed by atoms with van der Waals surface area (Å²) in [6, 6.07) is 0.198. The van der Waals surface area contributed by atoms with Crippen LogP contribution in [0.5, 0.6) is 0 Å². The van der Waals surface area contributed by atoms with Gasteiger partial charge in [0.05, 0.1) is 5.60 Å². The van der Waals surface area contributed by atoms with Gasteiger partial charge in [0.2, 0.25) is 0 Å². The minimum absolute atomic E-state index is 0.198. The zero-order valence-corrected chi connectivity index (χ0v) is 6.80. The molecule has 0 aromatic rings. The summed E-state index contributed by atoms with van der Waals surface area (Å²) in [6.45, 7) is 4.03. The molecule has 0 heterocycles. The normalized spacial score (nSPS) is 49.2. The Morgan fingerprint density at radius 3 is 2.60 bits per heavy atom. The van der Waals surface area contributed by atoms with E-state index in [4.69, 9.17) is 5.73 Å². The highest BCUT2D eigenvalue weighted by Gasteiger charge is 2.31. The van der Waals surface area contributed by atoms with Gasteiger partial charge in [0.15, 0.2) is 0 Å². The van der Waals surface area contributed by atoms with E-state index in [9.17, 15) is 5.11 Å². The van der Waals surface area contributed by atoms with Crippen LogP contribution >= 0.6 is 0 Å². The van der Waals surface area contributed by atoms with E-state index in [-0.39, 0.29) is 6.04 Å². The fourth-order valence-corrected chi connectivity index (χ4v) is 1.56. The van der Waals surface area contributed by atoms with Crippen LogP contribution in [0.3, 0.4) is 0 Å². The Morgan fingerprint density at radius 1 is 1.60 bits per heavy atom. The number of nitrogens with two attached hydrogens (primary N) is 1. The van der Waals surface area contributed by atoms with Gasteiger partial charge in [-0.1, -0.05) is 6.92 Å². The van der Waals surface area contributed by atoms with Gasteiger partial charge in [-0.05, 0) is 32.1 Å². The topological polar surface area (TPSA) is 46.2 Å². The van der Waals surface area contributed by atoms with Crippen LogP contribution in [0.4, 0.5) is 0 Å². The molecule has 0 bridgehead atoms. The molecule has 0 aliphatic heterocycles. The highest BCUT2D eigenvalue weighted by molar-refractivity contribution is 4.87. The van der Waals surface area contributed by atoms with Gasteiger partial charge < -0.3 is 10.8 Å². The van der Waals surface area contributed by atoms with E-state index < -0.39 is 5.60 Å². The summed E-state index contributed by atoms with van der Waals surface area (Å²) in [5.74, 6) is 0.584. The van der Waals surface area contributed by atoms with Crippen LogP contribution in [-0.4, -0.2) is 16.7 Å². The van der Waals surface area contributed by atoms with E-state index in [2.05, 4.69) is 6.92 Å². The molecule has 10 heavy (non-hydrogen) atoms. The van der Waals surface area contributed by atoms with Crippen molar-refractivity contribution in [2.24, 2.45) is 11.7 Å². The lowest BCUT2D eigenvalue weighted by Crippen LogP contribution is -2.43. The summed E-state index contributed by atoms with van der Waals surface area (Å²) in [5.41, 5.74) is 5.30. The number of aliphatic hydroxyl groups is 1. The molecule has 3 atom stereocenters. The van der Waals surface area contributed by atoms with Crippen molar-refractivity contribution in [3.8, 4) is 0 Å². The first-order valence-electron chi connectivity index (χ1n) is 3.99. The Kier molecular flexibility index (Phi) is 2.02. The van der Waals surface area contributed by atoms with E-state index in [1.54, 1.807) is 0 Å². The first-order chi connectivity index (χ1) is 4.51. The largest absolute Gasteiger partial charge is 0.390 e. The van der Waals surface area contributed by atoms with Crippen LogP contribution in [0.1, 0.15) is 33.1 Å². The second-order valence-corrected chi connectivity index (χ2v) is 3.88. The Morgan fingerprint density at radius 2 is 2.20 bits per heavy atom. The molecular weight excluding hydrogens is 126 g/mol. The lowest BCUT2D eigenvalue weighted by atomic mass is 9.78. The third-order valence-electron chi connectivity index (χ3n) is 2.54. The molecule has 3 N–H and O–H groups in total. The van der Waals surface area contributed by atoms with E-state index in [0.29, 0.717) is 5.92 Å². The minimum atomic E-state index is -0.494. The smallest absolute Gasteiger partial charge is 0.0634 e. The second kappa shape index (κ2) is 2.51. The Labute approximate surface area is 62.4 Å². The van der Waals surface area contributed by atoms with Gasteiger partial charge in [-0.15, -0.1) is 0 Å². The maximum absolute atomic E-state index is 9.58. The molecule has 1 aliphatic carbocycles. The molecular formula is C8H17NO. The fraction of sp³-hybridized carbons (Fsp3) is 1.00. The maximum Gasteiger partial charge on any atom is 0.0634 e. The van der Waals surface area contributed by atoms with Crippen LogP contribution in [0, 0.1) is 5.92 Å². The molecule has 0 aromatic heterocycles. The Bertz CT molecular complexity index is 122. The zero-order valence-electron chi connectivity index (χ0n) is 6.80. The molecule has 0 spiro atoms. The van der Waals surface area contributed by atoms with E-state index in [1.165, 1.54) is 0 Å². The van der Waals surface area contributed by atoms with Gasteiger partial charge in [-0.2, -0.15) is 0 Å². The lowest BCUT2D eigenvalue weighted by Gasteiger charge is -2.36. The van der Waals surface area contributed by atoms with E-state index in [0.717, 1.165) is 19.3 Å². The average Bonchev–Trinajstić information content (AvgIpc) is 1.79. The second-order valence-electron chi connectivity index (χ2n) is 3.88. The van der Waals surface area contributed by atoms with Gasteiger partial charge in [-0.25, -0.2) is 0 Å². The molecule has 2 nitrogen and oxygen atoms in total. The van der Waals surface area contributed by atoms with E-state index >= 15 is 0 Å². The van der Waals surface area contributed by atoms with Crippen molar-refractivity contribution in [3.63, 3.8) is 0 Å². The quantitative estimate of drug-likeness (QED) is 0.529. The van der Waals surface area contributed by atoms with Crippen molar-refractivity contribution in [2.45, 2.75) is 44.8 Å². The average molecular weight is 143 g/mol. The van der Waals surface area contributed by atoms with Crippen molar-refractivity contribution in [3.05, 3.63) is 0 Å². The molecule has 1 rings (SSSR count). The summed E-state index contributed by atoms with van der Waals surface area (Å²) in [4.78, 5) is 0. The van der Waals surface area contributed by atoms with Crippen molar-refractivity contribution >= 4 is 0 Å². The lowest BCUT2D eigenvalue weighted by molar-refractivity contribution is 0.00182. The standard InChI is InChI=1S/C8H17NO/c1-6-3-4-8(2,10)5-7(6)9/h6-7,10H,3-5,9H2,1-2H3/t6-,7+,8?/m0/s1. The predicted molar refractivity (Wildman–Crippen MR) is 41.6 cm³/mol. The van der Waals surface area contributed by atoms with Crippen LogP contribution < -0.4 is 5.73 Å². The molecule has 1 aliphatic rings. The summed E-state index contributed by atoms with van der Waals surface area (Å²) in [5, 5.41) is 9.58. The Hall–Kier alpha value is -0.0800. The Balaban J connectivity index is 2.49. The van der Waals surface area contributed by atoms with Gasteiger partial charge in [-0.3, -0.25) is 0 Å². The van der Waals surface area contributed by atoms with Crippen LogP contribution in [0.15, 0.2) is 0 Å². The van der Waals surface area contributed by atoms with Crippen molar-refractivity contribution in [2.75, 3.05) is 0 Å². The molecule has 1 fully saturated rings. The van der Waals surface area contributed by atoms with Gasteiger partial charge in [0, 0.05) is 6.04 Å². The van der Waals surface area contributed by atoms with Crippen LogP contribution in [0.2, 0.25) is 0 Å². The van der Waals surface area contributed by atoms with Gasteiger partial charge in [0.25, 0.3) is 0 Å². The van der Waals surface area contributed by atoms with Crippen LogP contribution in [-0.2, 0) is 0 Å². The zero-order chi connectivity index (χ0) is 7.78. The van der Waals surface area contributed by atoms with Gasteiger partial charge >= 0.3 is 0 Å². The van der Waals surface area contributed by atoms with E-state index in [1.807, 2.05) is 6.92 Å². The minimum Gasteiger partial charge on any atom is -0.390 e. The highest BCUT2D eigenvalue weighted by Crippen LogP contribution is 2.30. The third-order valence-corrected chi connectivity index (χ3v) is 2.54. The molecule has 0 saturated heterocycles. The summed E-state index contributed by atoms with van der Waals surface area (Å²) >= 11 is 0. The predicted octanol–water partition coefficient (Wildman–Crippen LogP) is 0.885. The number of hydrogen-bond donors (Lipinski definition) is 2. The molecule has 0 aromatic carbocycles. The first kappa shape index (κ1) is 8.02. The SMILES string of the molecule is C[C@H]1CCC(C)(O)C[C@H]1N. The van der Waals surface area contributed by atoms with Crippen molar-refractivity contribution < 1.29 is 5.11 Å². The number of hydrogen-bond acceptors (Lipinski definition) is 2. The third kappa shape index (κ3) is 1.70. The molecule has 0 radical (unpaired) electrons. The number of rotatable bonds is 0. The molecule has 2 heteroatoms. The van der Waals surface area contributed by atoms with Crippen LogP contribution in [0.25, 0.3) is 0 Å². The van der Waals surface area contributed by atoms with Crippen molar-refractivity contribution in [1.29, 1.82) is 0 Å². The monoisotopic (exact) mass is 143 g/mol. The first-order valence-corrected chi connectivity index (χ1v) is 3.99. The van der Waals surface area contributed by atoms with Gasteiger partial charge in [0.1, 0.15) is 0 Å². The molecule has 0 amide bonds.